The molecule has 0 amide bonds. The fourth-order valence-corrected chi connectivity index (χ4v) is 4.11. The minimum absolute atomic E-state index is 0.0466. The summed E-state index contributed by atoms with van der Waals surface area (Å²) in [5.74, 6) is -0.419. The van der Waals surface area contributed by atoms with Crippen LogP contribution in [-0.4, -0.2) is 16.7 Å². The molecule has 28 heavy (non-hydrogen) atoms. The minimum atomic E-state index is -0.234. The van der Waals surface area contributed by atoms with E-state index in [9.17, 15) is 14.7 Å². The molecule has 0 unspecified atom stereocenters. The number of phenolic OH excluding ortho intramolecular Hbond substituents is 1. The SMILES string of the molecule is O=C1c2ccccc2Cc2c1c(O)c1ccccc1c2C(=O)c1ccccc1. The Morgan fingerprint density at radius 1 is 0.786 bits per heavy atom. The second-order valence-electron chi connectivity index (χ2n) is 6.98. The first-order valence-electron chi connectivity index (χ1n) is 9.15. The number of aromatic hydroxyl groups is 1. The lowest BCUT2D eigenvalue weighted by Gasteiger charge is -2.24. The first-order chi connectivity index (χ1) is 13.7. The quantitative estimate of drug-likeness (QED) is 0.453. The topological polar surface area (TPSA) is 54.4 Å². The summed E-state index contributed by atoms with van der Waals surface area (Å²) in [6.45, 7) is 0. The average molecular weight is 364 g/mol. The molecule has 1 aliphatic rings. The van der Waals surface area contributed by atoms with Crippen molar-refractivity contribution in [3.63, 3.8) is 0 Å². The summed E-state index contributed by atoms with van der Waals surface area (Å²) >= 11 is 0. The van der Waals surface area contributed by atoms with Gasteiger partial charge in [0, 0.05) is 22.1 Å². The fourth-order valence-electron chi connectivity index (χ4n) is 4.11. The molecular formula is C25H16O3. The van der Waals surface area contributed by atoms with Crippen molar-refractivity contribution in [2.75, 3.05) is 0 Å². The molecule has 0 atom stereocenters. The highest BCUT2D eigenvalue weighted by Gasteiger charge is 2.32. The van der Waals surface area contributed by atoms with E-state index in [0.29, 0.717) is 39.4 Å². The van der Waals surface area contributed by atoms with E-state index in [2.05, 4.69) is 0 Å². The van der Waals surface area contributed by atoms with E-state index in [0.717, 1.165) is 5.56 Å². The Balaban J connectivity index is 1.88. The molecule has 0 spiro atoms. The van der Waals surface area contributed by atoms with Gasteiger partial charge in [-0.15, -0.1) is 0 Å². The number of hydrogen-bond acceptors (Lipinski definition) is 3. The number of fused-ring (bicyclic) bond motifs is 3. The molecule has 3 nitrogen and oxygen atoms in total. The third-order valence-corrected chi connectivity index (χ3v) is 5.41. The van der Waals surface area contributed by atoms with Gasteiger partial charge in [0.2, 0.25) is 0 Å². The smallest absolute Gasteiger partial charge is 0.197 e. The highest BCUT2D eigenvalue weighted by Crippen LogP contribution is 2.41. The van der Waals surface area contributed by atoms with Gasteiger partial charge >= 0.3 is 0 Å². The largest absolute Gasteiger partial charge is 0.507 e. The Morgan fingerprint density at radius 2 is 1.43 bits per heavy atom. The molecule has 0 aromatic heterocycles. The molecule has 1 N–H and O–H groups in total. The van der Waals surface area contributed by atoms with E-state index in [1.807, 2.05) is 48.5 Å². The van der Waals surface area contributed by atoms with E-state index in [1.165, 1.54) is 0 Å². The Kier molecular flexibility index (Phi) is 3.63. The van der Waals surface area contributed by atoms with Crippen LogP contribution in [-0.2, 0) is 6.42 Å². The molecule has 0 bridgehead atoms. The standard InChI is InChI=1S/C25H16O3/c26-23(15-8-2-1-3-9-15)21-18-12-6-7-13-19(18)25(28)22-20(21)14-16-10-4-5-11-17(16)24(22)27/h1-13,28H,14H2. The van der Waals surface area contributed by atoms with Crippen molar-refractivity contribution in [3.8, 4) is 5.75 Å². The summed E-state index contributed by atoms with van der Waals surface area (Å²) in [5, 5.41) is 12.1. The third-order valence-electron chi connectivity index (χ3n) is 5.41. The van der Waals surface area contributed by atoms with Crippen molar-refractivity contribution in [2.45, 2.75) is 6.42 Å². The molecule has 134 valence electrons. The van der Waals surface area contributed by atoms with Gasteiger partial charge in [0.1, 0.15) is 5.75 Å². The van der Waals surface area contributed by atoms with Gasteiger partial charge < -0.3 is 5.11 Å². The predicted molar refractivity (Wildman–Crippen MR) is 108 cm³/mol. The predicted octanol–water partition coefficient (Wildman–Crippen LogP) is 4.91. The molecule has 1 aliphatic carbocycles. The Hall–Kier alpha value is -3.72. The molecule has 0 saturated heterocycles. The lowest BCUT2D eigenvalue weighted by Crippen LogP contribution is -2.19. The van der Waals surface area contributed by atoms with E-state index in [-0.39, 0.29) is 22.9 Å². The molecule has 5 rings (SSSR count). The van der Waals surface area contributed by atoms with E-state index in [1.54, 1.807) is 30.3 Å². The molecule has 0 fully saturated rings. The zero-order chi connectivity index (χ0) is 19.3. The van der Waals surface area contributed by atoms with Crippen LogP contribution in [0.4, 0.5) is 0 Å². The summed E-state index contributed by atoms with van der Waals surface area (Å²) in [7, 11) is 0. The van der Waals surface area contributed by atoms with E-state index >= 15 is 0 Å². The lowest BCUT2D eigenvalue weighted by molar-refractivity contribution is 0.103. The van der Waals surface area contributed by atoms with Crippen LogP contribution >= 0.6 is 0 Å². The molecule has 4 aromatic rings. The van der Waals surface area contributed by atoms with Crippen molar-refractivity contribution in [3.05, 3.63) is 112 Å². The van der Waals surface area contributed by atoms with Crippen molar-refractivity contribution < 1.29 is 14.7 Å². The number of rotatable bonds is 2. The fraction of sp³-hybridized carbons (Fsp3) is 0.0400. The second kappa shape index (κ2) is 6.17. The van der Waals surface area contributed by atoms with Gasteiger partial charge in [-0.1, -0.05) is 78.9 Å². The van der Waals surface area contributed by atoms with E-state index < -0.39 is 0 Å². The maximum atomic E-state index is 13.5. The van der Waals surface area contributed by atoms with Crippen LogP contribution in [0.25, 0.3) is 10.8 Å². The molecule has 0 radical (unpaired) electrons. The van der Waals surface area contributed by atoms with Gasteiger partial charge in [-0.2, -0.15) is 0 Å². The van der Waals surface area contributed by atoms with Gasteiger partial charge in [0.05, 0.1) is 5.56 Å². The van der Waals surface area contributed by atoms with Crippen LogP contribution in [0.5, 0.6) is 5.75 Å². The number of ketones is 2. The van der Waals surface area contributed by atoms with Crippen LogP contribution in [0.2, 0.25) is 0 Å². The highest BCUT2D eigenvalue weighted by molar-refractivity contribution is 6.24. The first-order valence-corrected chi connectivity index (χ1v) is 9.15. The van der Waals surface area contributed by atoms with Crippen LogP contribution in [0.15, 0.2) is 78.9 Å². The summed E-state index contributed by atoms with van der Waals surface area (Å²) in [6.07, 6.45) is 0.434. The highest BCUT2D eigenvalue weighted by atomic mass is 16.3. The average Bonchev–Trinajstić information content (AvgIpc) is 2.74. The second-order valence-corrected chi connectivity index (χ2v) is 6.98. The van der Waals surface area contributed by atoms with Gasteiger partial charge in [-0.05, 0) is 22.9 Å². The maximum absolute atomic E-state index is 13.5. The number of phenols is 1. The van der Waals surface area contributed by atoms with Crippen molar-refractivity contribution in [1.82, 2.24) is 0 Å². The number of carbonyl (C=O) groups is 2. The molecule has 3 heteroatoms. The zero-order valence-electron chi connectivity index (χ0n) is 15.0. The monoisotopic (exact) mass is 364 g/mol. The van der Waals surface area contributed by atoms with Gasteiger partial charge in [0.25, 0.3) is 0 Å². The lowest BCUT2D eigenvalue weighted by atomic mass is 9.78. The number of hydrogen-bond donors (Lipinski definition) is 1. The summed E-state index contributed by atoms with van der Waals surface area (Å²) in [4.78, 5) is 26.7. The van der Waals surface area contributed by atoms with Crippen LogP contribution < -0.4 is 0 Å². The Labute approximate surface area is 161 Å². The van der Waals surface area contributed by atoms with Gasteiger partial charge in [-0.25, -0.2) is 0 Å². The molecule has 0 heterocycles. The summed E-state index contributed by atoms with van der Waals surface area (Å²) < 4.78 is 0. The van der Waals surface area contributed by atoms with Crippen LogP contribution in [0.3, 0.4) is 0 Å². The first kappa shape index (κ1) is 16.5. The van der Waals surface area contributed by atoms with Crippen LogP contribution in [0, 0.1) is 0 Å². The number of carbonyl (C=O) groups excluding carboxylic acids is 2. The van der Waals surface area contributed by atoms with Crippen molar-refractivity contribution in [2.24, 2.45) is 0 Å². The van der Waals surface area contributed by atoms with Crippen molar-refractivity contribution in [1.29, 1.82) is 0 Å². The minimum Gasteiger partial charge on any atom is -0.507 e. The van der Waals surface area contributed by atoms with Gasteiger partial charge in [-0.3, -0.25) is 9.59 Å². The summed E-state index contributed by atoms with van der Waals surface area (Å²) in [6, 6.07) is 23.6. The maximum Gasteiger partial charge on any atom is 0.197 e. The van der Waals surface area contributed by atoms with E-state index in [4.69, 9.17) is 0 Å². The third kappa shape index (κ3) is 2.30. The van der Waals surface area contributed by atoms with Gasteiger partial charge in [0.15, 0.2) is 11.6 Å². The Bertz CT molecular complexity index is 1270. The van der Waals surface area contributed by atoms with Crippen LogP contribution in [0.1, 0.15) is 43.0 Å². The molecule has 0 saturated carbocycles. The summed E-state index contributed by atoms with van der Waals surface area (Å²) in [5.41, 5.74) is 3.37. The van der Waals surface area contributed by atoms with Crippen molar-refractivity contribution >= 4 is 22.3 Å². The normalized spacial score (nSPS) is 12.5. The Morgan fingerprint density at radius 3 is 2.21 bits per heavy atom. The molecule has 4 aromatic carbocycles. The number of benzene rings is 4. The zero-order valence-corrected chi connectivity index (χ0v) is 15.0. The molecular weight excluding hydrogens is 348 g/mol. The molecule has 0 aliphatic heterocycles.